The predicted molar refractivity (Wildman–Crippen MR) is 78.7 cm³/mol. The summed E-state index contributed by atoms with van der Waals surface area (Å²) in [6.07, 6.45) is 0.898. The standard InChI is InChI=1S/C16H18N2O2/c1-2-15(17)11-3-7-13(8-4-11)20-14-9-5-12(6-10-14)16(18)19/h3-10,15H,2,17H2,1H3,(H2,18,19)/t15-/m1/s1. The second-order valence-electron chi connectivity index (χ2n) is 4.57. The van der Waals surface area contributed by atoms with E-state index in [-0.39, 0.29) is 6.04 Å². The molecule has 4 N–H and O–H groups in total. The third-order valence-electron chi connectivity index (χ3n) is 3.12. The molecule has 104 valence electrons. The van der Waals surface area contributed by atoms with Crippen molar-refractivity contribution in [3.63, 3.8) is 0 Å². The van der Waals surface area contributed by atoms with Gasteiger partial charge in [0.05, 0.1) is 0 Å². The summed E-state index contributed by atoms with van der Waals surface area (Å²) in [6, 6.07) is 14.4. The Bertz CT molecular complexity index is 576. The predicted octanol–water partition coefficient (Wildman–Crippen LogP) is 2.99. The van der Waals surface area contributed by atoms with Gasteiger partial charge in [-0.25, -0.2) is 0 Å². The topological polar surface area (TPSA) is 78.3 Å². The zero-order valence-corrected chi connectivity index (χ0v) is 11.4. The van der Waals surface area contributed by atoms with E-state index >= 15 is 0 Å². The van der Waals surface area contributed by atoms with Crippen LogP contribution in [-0.2, 0) is 0 Å². The zero-order chi connectivity index (χ0) is 14.5. The van der Waals surface area contributed by atoms with Gasteiger partial charge in [-0.1, -0.05) is 19.1 Å². The van der Waals surface area contributed by atoms with Crippen LogP contribution in [0.1, 0.15) is 35.3 Å². The third kappa shape index (κ3) is 3.36. The molecule has 0 aromatic heterocycles. The fraction of sp³-hybridized carbons (Fsp3) is 0.188. The Kier molecular flexibility index (Phi) is 4.38. The summed E-state index contributed by atoms with van der Waals surface area (Å²) >= 11 is 0. The Balaban J connectivity index is 2.08. The van der Waals surface area contributed by atoms with E-state index in [0.29, 0.717) is 11.3 Å². The van der Waals surface area contributed by atoms with Gasteiger partial charge in [-0.2, -0.15) is 0 Å². The van der Waals surface area contributed by atoms with Crippen LogP contribution >= 0.6 is 0 Å². The summed E-state index contributed by atoms with van der Waals surface area (Å²) in [5.74, 6) is 0.931. The number of benzene rings is 2. The van der Waals surface area contributed by atoms with E-state index in [2.05, 4.69) is 6.92 Å². The molecule has 0 radical (unpaired) electrons. The summed E-state index contributed by atoms with van der Waals surface area (Å²) in [6.45, 7) is 2.05. The van der Waals surface area contributed by atoms with Crippen molar-refractivity contribution in [1.29, 1.82) is 0 Å². The van der Waals surface area contributed by atoms with Crippen molar-refractivity contribution >= 4 is 5.91 Å². The van der Waals surface area contributed by atoms with Crippen LogP contribution in [0, 0.1) is 0 Å². The van der Waals surface area contributed by atoms with Crippen molar-refractivity contribution in [2.75, 3.05) is 0 Å². The number of amides is 1. The van der Waals surface area contributed by atoms with Gasteiger partial charge in [0.1, 0.15) is 11.5 Å². The fourth-order valence-corrected chi connectivity index (χ4v) is 1.84. The number of carbonyl (C=O) groups excluding carboxylic acids is 1. The molecule has 0 bridgehead atoms. The normalized spacial score (nSPS) is 11.9. The number of ether oxygens (including phenoxy) is 1. The average Bonchev–Trinajstić information content (AvgIpc) is 2.48. The van der Waals surface area contributed by atoms with Gasteiger partial charge in [-0.05, 0) is 48.4 Å². The minimum atomic E-state index is -0.450. The maximum absolute atomic E-state index is 11.0. The molecule has 0 saturated heterocycles. The highest BCUT2D eigenvalue weighted by atomic mass is 16.5. The summed E-state index contributed by atoms with van der Waals surface area (Å²) in [5.41, 5.74) is 12.7. The number of carbonyl (C=O) groups is 1. The van der Waals surface area contributed by atoms with E-state index in [4.69, 9.17) is 16.2 Å². The average molecular weight is 270 g/mol. The molecule has 2 rings (SSSR count). The summed E-state index contributed by atoms with van der Waals surface area (Å²) < 4.78 is 5.69. The first kappa shape index (κ1) is 14.1. The lowest BCUT2D eigenvalue weighted by Gasteiger charge is -2.10. The molecule has 1 atom stereocenters. The minimum absolute atomic E-state index is 0.0545. The molecule has 20 heavy (non-hydrogen) atoms. The molecule has 0 aliphatic rings. The van der Waals surface area contributed by atoms with Crippen molar-refractivity contribution < 1.29 is 9.53 Å². The van der Waals surface area contributed by atoms with Gasteiger partial charge in [-0.3, -0.25) is 4.79 Å². The molecule has 0 fully saturated rings. The molecule has 0 aliphatic carbocycles. The largest absolute Gasteiger partial charge is 0.457 e. The highest BCUT2D eigenvalue weighted by Gasteiger charge is 2.04. The molecular formula is C16H18N2O2. The molecule has 1 amide bonds. The molecular weight excluding hydrogens is 252 g/mol. The number of primary amides is 1. The second kappa shape index (κ2) is 6.21. The van der Waals surface area contributed by atoms with Crippen molar-refractivity contribution in [2.45, 2.75) is 19.4 Å². The number of hydrogen-bond acceptors (Lipinski definition) is 3. The van der Waals surface area contributed by atoms with Gasteiger partial charge in [0, 0.05) is 11.6 Å². The molecule has 2 aromatic carbocycles. The number of rotatable bonds is 5. The molecule has 2 aromatic rings. The molecule has 4 nitrogen and oxygen atoms in total. The Hall–Kier alpha value is -2.33. The van der Waals surface area contributed by atoms with E-state index in [9.17, 15) is 4.79 Å². The van der Waals surface area contributed by atoms with Crippen LogP contribution in [0.2, 0.25) is 0 Å². The van der Waals surface area contributed by atoms with E-state index < -0.39 is 5.91 Å². The van der Waals surface area contributed by atoms with Crippen LogP contribution in [0.3, 0.4) is 0 Å². The Morgan fingerprint density at radius 1 is 1.05 bits per heavy atom. The number of nitrogens with two attached hydrogens (primary N) is 2. The second-order valence-corrected chi connectivity index (χ2v) is 4.57. The van der Waals surface area contributed by atoms with Crippen molar-refractivity contribution in [2.24, 2.45) is 11.5 Å². The maximum Gasteiger partial charge on any atom is 0.248 e. The van der Waals surface area contributed by atoms with Gasteiger partial charge in [0.15, 0.2) is 0 Å². The van der Waals surface area contributed by atoms with Crippen LogP contribution in [0.4, 0.5) is 0 Å². The Morgan fingerprint density at radius 3 is 2.00 bits per heavy atom. The van der Waals surface area contributed by atoms with Crippen LogP contribution in [0.5, 0.6) is 11.5 Å². The first-order chi connectivity index (χ1) is 9.60. The van der Waals surface area contributed by atoms with Crippen LogP contribution in [0.25, 0.3) is 0 Å². The van der Waals surface area contributed by atoms with Crippen LogP contribution < -0.4 is 16.2 Å². The highest BCUT2D eigenvalue weighted by molar-refractivity contribution is 5.92. The zero-order valence-electron chi connectivity index (χ0n) is 11.4. The molecule has 4 heteroatoms. The van der Waals surface area contributed by atoms with E-state index in [1.165, 1.54) is 0 Å². The van der Waals surface area contributed by atoms with E-state index in [0.717, 1.165) is 17.7 Å². The van der Waals surface area contributed by atoms with Crippen molar-refractivity contribution in [3.8, 4) is 11.5 Å². The summed E-state index contributed by atoms with van der Waals surface area (Å²) in [4.78, 5) is 11.0. The van der Waals surface area contributed by atoms with Crippen LogP contribution in [0.15, 0.2) is 48.5 Å². The van der Waals surface area contributed by atoms with Crippen LogP contribution in [-0.4, -0.2) is 5.91 Å². The Morgan fingerprint density at radius 2 is 1.55 bits per heavy atom. The molecule has 0 spiro atoms. The van der Waals surface area contributed by atoms with E-state index in [1.54, 1.807) is 24.3 Å². The first-order valence-electron chi connectivity index (χ1n) is 6.53. The molecule has 0 saturated carbocycles. The quantitative estimate of drug-likeness (QED) is 0.876. The van der Waals surface area contributed by atoms with Gasteiger partial charge in [0.25, 0.3) is 0 Å². The van der Waals surface area contributed by atoms with Gasteiger partial charge >= 0.3 is 0 Å². The minimum Gasteiger partial charge on any atom is -0.457 e. The maximum atomic E-state index is 11.0. The van der Waals surface area contributed by atoms with E-state index in [1.807, 2.05) is 24.3 Å². The molecule has 0 aliphatic heterocycles. The molecule has 0 unspecified atom stereocenters. The SMILES string of the molecule is CC[C@@H](N)c1ccc(Oc2ccc(C(N)=O)cc2)cc1. The first-order valence-corrected chi connectivity index (χ1v) is 6.53. The van der Waals surface area contributed by atoms with Gasteiger partial charge < -0.3 is 16.2 Å². The summed E-state index contributed by atoms with van der Waals surface area (Å²) in [7, 11) is 0. The molecule has 0 heterocycles. The van der Waals surface area contributed by atoms with Crippen molar-refractivity contribution in [1.82, 2.24) is 0 Å². The summed E-state index contributed by atoms with van der Waals surface area (Å²) in [5, 5.41) is 0. The number of hydrogen-bond donors (Lipinski definition) is 2. The smallest absolute Gasteiger partial charge is 0.248 e. The Labute approximate surface area is 118 Å². The van der Waals surface area contributed by atoms with Crippen molar-refractivity contribution in [3.05, 3.63) is 59.7 Å². The lowest BCUT2D eigenvalue weighted by atomic mass is 10.1. The monoisotopic (exact) mass is 270 g/mol. The lowest BCUT2D eigenvalue weighted by Crippen LogP contribution is -2.10. The lowest BCUT2D eigenvalue weighted by molar-refractivity contribution is 0.100. The third-order valence-corrected chi connectivity index (χ3v) is 3.12. The highest BCUT2D eigenvalue weighted by Crippen LogP contribution is 2.23. The van der Waals surface area contributed by atoms with Gasteiger partial charge in [0.2, 0.25) is 5.91 Å². The van der Waals surface area contributed by atoms with Gasteiger partial charge in [-0.15, -0.1) is 0 Å². The fourth-order valence-electron chi connectivity index (χ4n) is 1.84.